The predicted molar refractivity (Wildman–Crippen MR) is 161 cm³/mol. The van der Waals surface area contributed by atoms with Crippen LogP contribution in [0, 0.1) is 11.7 Å². The summed E-state index contributed by atoms with van der Waals surface area (Å²) in [5, 5.41) is 6.63. The van der Waals surface area contributed by atoms with E-state index in [1.54, 1.807) is 24.3 Å². The molecule has 3 N–H and O–H groups in total. The smallest absolute Gasteiger partial charge is 0.241 e. The molecule has 0 saturated carbocycles. The summed E-state index contributed by atoms with van der Waals surface area (Å²) < 4.78 is 43.0. The molecule has 1 aliphatic carbocycles. The molecule has 41 heavy (non-hydrogen) atoms. The fraction of sp³-hybridized carbons (Fsp3) is 0.424. The molecule has 0 bridgehead atoms. The Labute approximate surface area is 244 Å². The topological polar surface area (TPSA) is 87.3 Å². The van der Waals surface area contributed by atoms with Gasteiger partial charge in [0.1, 0.15) is 5.82 Å². The fourth-order valence-electron chi connectivity index (χ4n) is 5.28. The molecule has 4 rings (SSSR count). The molecule has 0 spiro atoms. The molecule has 3 aromatic carbocycles. The predicted octanol–water partition coefficient (Wildman–Crippen LogP) is 6.30. The zero-order valence-corrected chi connectivity index (χ0v) is 25.2. The van der Waals surface area contributed by atoms with Gasteiger partial charge in [-0.1, -0.05) is 70.2 Å². The second kappa shape index (κ2) is 13.7. The van der Waals surface area contributed by atoms with E-state index in [1.165, 1.54) is 35.4 Å². The van der Waals surface area contributed by atoms with Crippen molar-refractivity contribution in [3.63, 3.8) is 0 Å². The van der Waals surface area contributed by atoms with Gasteiger partial charge in [0.15, 0.2) is 0 Å². The first kappa shape index (κ1) is 30.9. The number of amides is 1. The van der Waals surface area contributed by atoms with Crippen LogP contribution in [0.1, 0.15) is 92.8 Å². The minimum absolute atomic E-state index is 0.113. The third kappa shape index (κ3) is 8.47. The Balaban J connectivity index is 1.49. The Hall–Kier alpha value is -3.07. The molecule has 0 aliphatic heterocycles. The molecular weight excluding hydrogens is 537 g/mol. The summed E-state index contributed by atoms with van der Waals surface area (Å²) in [6.07, 6.45) is 2.63. The molecule has 3 aromatic rings. The van der Waals surface area contributed by atoms with E-state index in [0.717, 1.165) is 43.5 Å². The fourth-order valence-corrected chi connectivity index (χ4v) is 6.51. The molecule has 0 saturated heterocycles. The van der Waals surface area contributed by atoms with Crippen LogP contribution in [0.3, 0.4) is 0 Å². The van der Waals surface area contributed by atoms with E-state index >= 15 is 0 Å². The van der Waals surface area contributed by atoms with Gasteiger partial charge in [0.25, 0.3) is 0 Å². The first-order valence-electron chi connectivity index (χ1n) is 14.5. The molecule has 8 heteroatoms. The van der Waals surface area contributed by atoms with Crippen molar-refractivity contribution in [2.24, 2.45) is 5.92 Å². The first-order chi connectivity index (χ1) is 19.5. The van der Waals surface area contributed by atoms with Crippen molar-refractivity contribution in [2.75, 3.05) is 6.54 Å². The largest absolute Gasteiger partial charge is 0.349 e. The highest BCUT2D eigenvalue weighted by Crippen LogP contribution is 2.31. The Morgan fingerprint density at radius 2 is 1.63 bits per heavy atom. The number of carbonyl (C=O) groups is 1. The van der Waals surface area contributed by atoms with Gasteiger partial charge in [-0.2, -0.15) is 0 Å². The lowest BCUT2D eigenvalue weighted by atomic mass is 9.86. The second-order valence-electron chi connectivity index (χ2n) is 11.7. The van der Waals surface area contributed by atoms with Crippen LogP contribution in [0.5, 0.6) is 0 Å². The minimum atomic E-state index is -3.94. The van der Waals surface area contributed by atoms with Crippen molar-refractivity contribution in [1.82, 2.24) is 15.4 Å². The summed E-state index contributed by atoms with van der Waals surface area (Å²) in [6, 6.07) is 17.8. The molecule has 0 radical (unpaired) electrons. The van der Waals surface area contributed by atoms with E-state index in [0.29, 0.717) is 11.5 Å². The van der Waals surface area contributed by atoms with Crippen LogP contribution >= 0.6 is 0 Å². The van der Waals surface area contributed by atoms with E-state index in [2.05, 4.69) is 47.4 Å². The zero-order valence-electron chi connectivity index (χ0n) is 24.4. The highest BCUT2D eigenvalue weighted by molar-refractivity contribution is 7.89. The number of halogens is 1. The number of benzene rings is 3. The molecule has 0 fully saturated rings. The third-order valence-electron chi connectivity index (χ3n) is 7.56. The lowest BCUT2D eigenvalue weighted by Gasteiger charge is -2.28. The quantitative estimate of drug-likeness (QED) is 0.235. The van der Waals surface area contributed by atoms with Gasteiger partial charge in [0.2, 0.25) is 15.9 Å². The van der Waals surface area contributed by atoms with Gasteiger partial charge >= 0.3 is 0 Å². The highest BCUT2D eigenvalue weighted by atomic mass is 32.2. The molecule has 2 atom stereocenters. The van der Waals surface area contributed by atoms with E-state index in [9.17, 15) is 17.6 Å². The molecule has 1 amide bonds. The number of hydrogen-bond acceptors (Lipinski definition) is 4. The SMILES string of the molecule is CC(C)CNCc1ccc2c(c1)CCC[C@H]2NC(=O)C[C@@H](NS(=O)(=O)c1ccc(C(C)C)cc1)c1ccc(F)cc1. The van der Waals surface area contributed by atoms with Crippen molar-refractivity contribution < 1.29 is 17.6 Å². The Morgan fingerprint density at radius 3 is 2.29 bits per heavy atom. The van der Waals surface area contributed by atoms with Gasteiger partial charge in [-0.15, -0.1) is 0 Å². The second-order valence-corrected chi connectivity index (χ2v) is 13.4. The van der Waals surface area contributed by atoms with Crippen LogP contribution in [0.25, 0.3) is 0 Å². The van der Waals surface area contributed by atoms with Crippen molar-refractivity contribution in [1.29, 1.82) is 0 Å². The molecular formula is C33H42FN3O3S. The van der Waals surface area contributed by atoms with Crippen LogP contribution in [-0.4, -0.2) is 20.9 Å². The highest BCUT2D eigenvalue weighted by Gasteiger charge is 2.27. The van der Waals surface area contributed by atoms with Crippen LogP contribution in [0.2, 0.25) is 0 Å². The van der Waals surface area contributed by atoms with Gasteiger partial charge in [0.05, 0.1) is 17.0 Å². The third-order valence-corrected chi connectivity index (χ3v) is 9.04. The van der Waals surface area contributed by atoms with Crippen LogP contribution in [-0.2, 0) is 27.8 Å². The van der Waals surface area contributed by atoms with Gasteiger partial charge < -0.3 is 10.6 Å². The van der Waals surface area contributed by atoms with E-state index in [-0.39, 0.29) is 29.2 Å². The number of nitrogens with one attached hydrogen (secondary N) is 3. The summed E-state index contributed by atoms with van der Waals surface area (Å²) in [7, 11) is -3.94. The number of fused-ring (bicyclic) bond motifs is 1. The average molecular weight is 580 g/mol. The maximum atomic E-state index is 13.7. The first-order valence-corrected chi connectivity index (χ1v) is 16.0. The Bertz CT molecular complexity index is 1420. The number of sulfonamides is 1. The van der Waals surface area contributed by atoms with Crippen LogP contribution < -0.4 is 15.4 Å². The van der Waals surface area contributed by atoms with Crippen molar-refractivity contribution >= 4 is 15.9 Å². The number of aryl methyl sites for hydroxylation is 1. The van der Waals surface area contributed by atoms with E-state index < -0.39 is 21.9 Å². The molecule has 0 heterocycles. The zero-order chi connectivity index (χ0) is 29.6. The Morgan fingerprint density at radius 1 is 0.951 bits per heavy atom. The van der Waals surface area contributed by atoms with Gasteiger partial charge in [-0.25, -0.2) is 17.5 Å². The summed E-state index contributed by atoms with van der Waals surface area (Å²) in [5.41, 5.74) is 5.13. The van der Waals surface area contributed by atoms with Crippen LogP contribution in [0.4, 0.5) is 4.39 Å². The maximum absolute atomic E-state index is 13.7. The lowest BCUT2D eigenvalue weighted by Crippen LogP contribution is -2.36. The molecule has 6 nitrogen and oxygen atoms in total. The summed E-state index contributed by atoms with van der Waals surface area (Å²) >= 11 is 0. The summed E-state index contributed by atoms with van der Waals surface area (Å²) in [6.45, 7) is 10.2. The van der Waals surface area contributed by atoms with Crippen molar-refractivity contribution in [3.8, 4) is 0 Å². The molecule has 0 unspecified atom stereocenters. The molecule has 1 aliphatic rings. The number of carbonyl (C=O) groups excluding carboxylic acids is 1. The Kier molecular flexibility index (Phi) is 10.3. The number of hydrogen-bond donors (Lipinski definition) is 3. The van der Waals surface area contributed by atoms with Crippen LogP contribution in [0.15, 0.2) is 71.6 Å². The lowest BCUT2D eigenvalue weighted by molar-refractivity contribution is -0.122. The monoisotopic (exact) mass is 579 g/mol. The van der Waals surface area contributed by atoms with E-state index in [1.807, 2.05) is 13.8 Å². The molecule has 0 aromatic heterocycles. The summed E-state index contributed by atoms with van der Waals surface area (Å²) in [5.74, 6) is 0.161. The van der Waals surface area contributed by atoms with E-state index in [4.69, 9.17) is 0 Å². The normalized spacial score (nSPS) is 16.0. The average Bonchev–Trinajstić information content (AvgIpc) is 2.93. The van der Waals surface area contributed by atoms with Gasteiger partial charge in [-0.3, -0.25) is 4.79 Å². The van der Waals surface area contributed by atoms with Crippen molar-refractivity contribution in [3.05, 3.63) is 100 Å². The van der Waals surface area contributed by atoms with Gasteiger partial charge in [0, 0.05) is 13.0 Å². The van der Waals surface area contributed by atoms with Crippen molar-refractivity contribution in [2.45, 2.75) is 82.8 Å². The standard InChI is InChI=1S/C33H42FN3O3S/c1-22(2)20-35-21-24-8-17-30-27(18-24)6-5-7-31(30)36-33(38)19-32(26-9-13-28(34)14-10-26)37-41(39,40)29-15-11-25(12-16-29)23(3)4/h8-18,22-23,31-32,35,37H,5-7,19-21H2,1-4H3,(H,36,38)/t31-,32-/m1/s1. The molecule has 220 valence electrons. The number of rotatable bonds is 12. The van der Waals surface area contributed by atoms with Gasteiger partial charge in [-0.05, 0) is 89.7 Å². The minimum Gasteiger partial charge on any atom is -0.349 e. The maximum Gasteiger partial charge on any atom is 0.241 e. The summed E-state index contributed by atoms with van der Waals surface area (Å²) in [4.78, 5) is 13.5.